The van der Waals surface area contributed by atoms with E-state index in [-0.39, 0.29) is 18.6 Å². The van der Waals surface area contributed by atoms with Crippen LogP contribution in [0.3, 0.4) is 0 Å². The van der Waals surface area contributed by atoms with Gasteiger partial charge in [0.15, 0.2) is 0 Å². The van der Waals surface area contributed by atoms with E-state index in [4.69, 9.17) is 4.74 Å². The number of nitrogens with zero attached hydrogens (tertiary/aromatic N) is 1. The van der Waals surface area contributed by atoms with E-state index in [0.29, 0.717) is 12.5 Å². The Labute approximate surface area is 120 Å². The molecule has 4 heteroatoms. The van der Waals surface area contributed by atoms with Gasteiger partial charge >= 0.3 is 0 Å². The van der Waals surface area contributed by atoms with Gasteiger partial charge in [0.05, 0.1) is 6.10 Å². The van der Waals surface area contributed by atoms with Crippen molar-refractivity contribution < 1.29 is 9.53 Å². The SMILES string of the molecule is Cc1cnccc1CNC(=O)COC1CCCCC1C. The van der Waals surface area contributed by atoms with E-state index in [1.807, 2.05) is 19.2 Å². The van der Waals surface area contributed by atoms with Crippen molar-refractivity contribution in [3.63, 3.8) is 0 Å². The number of aryl methyl sites for hydroxylation is 1. The number of ether oxygens (including phenoxy) is 1. The molecule has 0 saturated heterocycles. The molecule has 1 fully saturated rings. The van der Waals surface area contributed by atoms with Crippen LogP contribution in [0.25, 0.3) is 0 Å². The summed E-state index contributed by atoms with van der Waals surface area (Å²) in [5, 5.41) is 2.90. The van der Waals surface area contributed by atoms with Crippen LogP contribution in [0.1, 0.15) is 43.7 Å². The van der Waals surface area contributed by atoms with E-state index in [1.54, 1.807) is 6.20 Å². The summed E-state index contributed by atoms with van der Waals surface area (Å²) < 4.78 is 5.75. The molecule has 0 aromatic carbocycles. The van der Waals surface area contributed by atoms with Crippen LogP contribution in [0, 0.1) is 12.8 Å². The summed E-state index contributed by atoms with van der Waals surface area (Å²) in [6.07, 6.45) is 8.59. The molecule has 0 spiro atoms. The minimum absolute atomic E-state index is 0.0426. The monoisotopic (exact) mass is 276 g/mol. The van der Waals surface area contributed by atoms with Crippen LogP contribution in [-0.4, -0.2) is 23.6 Å². The predicted octanol–water partition coefficient (Wildman–Crippen LogP) is 2.60. The van der Waals surface area contributed by atoms with Crippen LogP contribution in [0.15, 0.2) is 18.5 Å². The molecule has 0 aliphatic heterocycles. The zero-order valence-corrected chi connectivity index (χ0v) is 12.4. The molecule has 1 aromatic heterocycles. The first-order chi connectivity index (χ1) is 9.66. The molecule has 0 radical (unpaired) electrons. The first-order valence-electron chi connectivity index (χ1n) is 7.44. The highest BCUT2D eigenvalue weighted by Gasteiger charge is 2.22. The number of nitrogens with one attached hydrogen (secondary N) is 1. The molecule has 1 aromatic rings. The Bertz CT molecular complexity index is 448. The molecule has 2 atom stereocenters. The van der Waals surface area contributed by atoms with E-state index in [0.717, 1.165) is 17.5 Å². The third-order valence-electron chi connectivity index (χ3n) is 4.07. The number of amides is 1. The summed E-state index contributed by atoms with van der Waals surface area (Å²) >= 11 is 0. The molecule has 2 unspecified atom stereocenters. The second kappa shape index (κ2) is 7.39. The Hall–Kier alpha value is -1.42. The number of pyridine rings is 1. The molecule has 1 saturated carbocycles. The summed E-state index contributed by atoms with van der Waals surface area (Å²) in [6, 6.07) is 1.93. The summed E-state index contributed by atoms with van der Waals surface area (Å²) in [4.78, 5) is 15.9. The van der Waals surface area contributed by atoms with E-state index >= 15 is 0 Å². The average molecular weight is 276 g/mol. The quantitative estimate of drug-likeness (QED) is 0.899. The van der Waals surface area contributed by atoms with Gasteiger partial charge in [-0.25, -0.2) is 0 Å². The molecule has 1 aliphatic carbocycles. The predicted molar refractivity (Wildman–Crippen MR) is 78.2 cm³/mol. The Morgan fingerprint density at radius 1 is 1.45 bits per heavy atom. The second-order valence-corrected chi connectivity index (χ2v) is 5.69. The van der Waals surface area contributed by atoms with Gasteiger partial charge in [-0.15, -0.1) is 0 Å². The Kier molecular flexibility index (Phi) is 5.53. The maximum absolute atomic E-state index is 11.8. The van der Waals surface area contributed by atoms with Gasteiger partial charge in [0.2, 0.25) is 5.91 Å². The molecule has 1 N–H and O–H groups in total. The lowest BCUT2D eigenvalue weighted by Gasteiger charge is -2.28. The van der Waals surface area contributed by atoms with Gasteiger partial charge in [-0.2, -0.15) is 0 Å². The zero-order chi connectivity index (χ0) is 14.4. The van der Waals surface area contributed by atoms with Crippen LogP contribution in [0.2, 0.25) is 0 Å². The minimum Gasteiger partial charge on any atom is -0.368 e. The topological polar surface area (TPSA) is 51.2 Å². The van der Waals surface area contributed by atoms with Gasteiger partial charge in [0.1, 0.15) is 6.61 Å². The van der Waals surface area contributed by atoms with Crippen molar-refractivity contribution >= 4 is 5.91 Å². The standard InChI is InChI=1S/C16H24N2O2/c1-12-5-3-4-6-15(12)20-11-16(19)18-10-14-7-8-17-9-13(14)2/h7-9,12,15H,3-6,10-11H2,1-2H3,(H,18,19). The van der Waals surface area contributed by atoms with Gasteiger partial charge in [0.25, 0.3) is 0 Å². The number of aromatic nitrogens is 1. The third kappa shape index (κ3) is 4.30. The van der Waals surface area contributed by atoms with Gasteiger partial charge in [-0.3, -0.25) is 9.78 Å². The lowest BCUT2D eigenvalue weighted by Crippen LogP contribution is -2.33. The van der Waals surface area contributed by atoms with Crippen LogP contribution in [0.4, 0.5) is 0 Å². The lowest BCUT2D eigenvalue weighted by atomic mass is 9.88. The van der Waals surface area contributed by atoms with Crippen LogP contribution >= 0.6 is 0 Å². The highest BCUT2D eigenvalue weighted by molar-refractivity contribution is 5.77. The Morgan fingerprint density at radius 3 is 3.00 bits per heavy atom. The van der Waals surface area contributed by atoms with E-state index in [2.05, 4.69) is 17.2 Å². The number of rotatable bonds is 5. The van der Waals surface area contributed by atoms with Gasteiger partial charge in [-0.05, 0) is 42.9 Å². The fourth-order valence-corrected chi connectivity index (χ4v) is 2.66. The number of hydrogen-bond donors (Lipinski definition) is 1. The number of hydrogen-bond acceptors (Lipinski definition) is 3. The summed E-state index contributed by atoms with van der Waals surface area (Å²) in [5.74, 6) is 0.526. The Morgan fingerprint density at radius 2 is 2.25 bits per heavy atom. The van der Waals surface area contributed by atoms with Crippen molar-refractivity contribution in [2.75, 3.05) is 6.61 Å². The first kappa shape index (κ1) is 15.0. The average Bonchev–Trinajstić information content (AvgIpc) is 2.45. The van der Waals surface area contributed by atoms with Crippen LogP contribution in [0.5, 0.6) is 0 Å². The normalized spacial score (nSPS) is 22.5. The number of carbonyl (C=O) groups excluding carboxylic acids is 1. The summed E-state index contributed by atoms with van der Waals surface area (Å²) in [6.45, 7) is 4.91. The Balaban J connectivity index is 1.71. The van der Waals surface area contributed by atoms with Crippen molar-refractivity contribution in [2.45, 2.75) is 52.2 Å². The largest absolute Gasteiger partial charge is 0.368 e. The fourth-order valence-electron chi connectivity index (χ4n) is 2.66. The van der Waals surface area contributed by atoms with Gasteiger partial charge < -0.3 is 10.1 Å². The van der Waals surface area contributed by atoms with Crippen molar-refractivity contribution in [1.82, 2.24) is 10.3 Å². The van der Waals surface area contributed by atoms with E-state index < -0.39 is 0 Å². The van der Waals surface area contributed by atoms with Gasteiger partial charge in [0, 0.05) is 18.9 Å². The van der Waals surface area contributed by atoms with Crippen LogP contribution < -0.4 is 5.32 Å². The van der Waals surface area contributed by atoms with Gasteiger partial charge in [-0.1, -0.05) is 19.8 Å². The first-order valence-corrected chi connectivity index (χ1v) is 7.44. The maximum atomic E-state index is 11.8. The van der Waals surface area contributed by atoms with E-state index in [1.165, 1.54) is 19.3 Å². The molecule has 1 amide bonds. The molecular formula is C16H24N2O2. The maximum Gasteiger partial charge on any atom is 0.246 e. The lowest BCUT2D eigenvalue weighted by molar-refractivity contribution is -0.129. The van der Waals surface area contributed by atoms with Crippen molar-refractivity contribution in [2.24, 2.45) is 5.92 Å². The van der Waals surface area contributed by atoms with Crippen molar-refractivity contribution in [3.05, 3.63) is 29.6 Å². The number of carbonyl (C=O) groups is 1. The smallest absolute Gasteiger partial charge is 0.246 e. The fraction of sp³-hybridized carbons (Fsp3) is 0.625. The summed E-state index contributed by atoms with van der Waals surface area (Å²) in [5.41, 5.74) is 2.19. The zero-order valence-electron chi connectivity index (χ0n) is 12.4. The molecule has 20 heavy (non-hydrogen) atoms. The summed E-state index contributed by atoms with van der Waals surface area (Å²) in [7, 11) is 0. The molecule has 0 bridgehead atoms. The highest BCUT2D eigenvalue weighted by Crippen LogP contribution is 2.26. The van der Waals surface area contributed by atoms with E-state index in [9.17, 15) is 4.79 Å². The second-order valence-electron chi connectivity index (χ2n) is 5.69. The van der Waals surface area contributed by atoms with Crippen molar-refractivity contribution in [1.29, 1.82) is 0 Å². The third-order valence-corrected chi connectivity index (χ3v) is 4.07. The highest BCUT2D eigenvalue weighted by atomic mass is 16.5. The molecule has 2 rings (SSSR count). The molecule has 1 heterocycles. The van der Waals surface area contributed by atoms with Crippen LogP contribution in [-0.2, 0) is 16.1 Å². The van der Waals surface area contributed by atoms with Crippen molar-refractivity contribution in [3.8, 4) is 0 Å². The molecule has 1 aliphatic rings. The molecule has 110 valence electrons. The molecule has 4 nitrogen and oxygen atoms in total. The minimum atomic E-state index is -0.0426. The molecular weight excluding hydrogens is 252 g/mol.